The van der Waals surface area contributed by atoms with Crippen molar-refractivity contribution < 1.29 is 14.6 Å². The molecule has 0 amide bonds. The Bertz CT molecular complexity index is 989. The number of fused-ring (bicyclic) bond motifs is 1. The molecule has 2 aromatic carbocycles. The van der Waals surface area contributed by atoms with Crippen LogP contribution in [0.2, 0.25) is 0 Å². The summed E-state index contributed by atoms with van der Waals surface area (Å²) in [6.45, 7) is 0. The number of benzene rings is 2. The average molecular weight is 340 g/mol. The molecule has 0 saturated carbocycles. The highest BCUT2D eigenvalue weighted by atomic mass is 16.6. The van der Waals surface area contributed by atoms with Gasteiger partial charge in [-0.1, -0.05) is 12.1 Å². The van der Waals surface area contributed by atoms with Crippen molar-refractivity contribution in [1.82, 2.24) is 4.98 Å². The fraction of sp³-hybridized carbons (Fsp3) is 0.0625. The van der Waals surface area contributed by atoms with Crippen LogP contribution in [0, 0.1) is 20.2 Å². The molecule has 0 aliphatic heterocycles. The number of ether oxygens (including phenoxy) is 1. The van der Waals surface area contributed by atoms with E-state index in [2.05, 4.69) is 10.3 Å². The van der Waals surface area contributed by atoms with E-state index in [1.54, 1.807) is 24.3 Å². The van der Waals surface area contributed by atoms with Gasteiger partial charge in [0.25, 0.3) is 5.69 Å². The minimum Gasteiger partial charge on any atom is -0.495 e. The van der Waals surface area contributed by atoms with Crippen molar-refractivity contribution in [2.75, 3.05) is 12.4 Å². The van der Waals surface area contributed by atoms with Crippen LogP contribution in [0.25, 0.3) is 10.9 Å². The van der Waals surface area contributed by atoms with Crippen molar-refractivity contribution in [3.63, 3.8) is 0 Å². The second-order valence-electron chi connectivity index (χ2n) is 5.03. The Morgan fingerprint density at radius 1 is 1.04 bits per heavy atom. The van der Waals surface area contributed by atoms with Crippen LogP contribution >= 0.6 is 0 Å². The second kappa shape index (κ2) is 6.40. The Balaban J connectivity index is 2.30. The number of nitrogens with one attached hydrogen (secondary N) is 1. The smallest absolute Gasteiger partial charge is 0.301 e. The topological polar surface area (TPSA) is 120 Å². The first kappa shape index (κ1) is 16.1. The third kappa shape index (κ3) is 2.90. The molecule has 3 rings (SSSR count). The Kier molecular flexibility index (Phi) is 4.12. The van der Waals surface area contributed by atoms with E-state index in [1.165, 1.54) is 25.4 Å². The van der Waals surface area contributed by atoms with Gasteiger partial charge in [-0.25, -0.2) is 0 Å². The zero-order chi connectivity index (χ0) is 18.0. The van der Waals surface area contributed by atoms with Gasteiger partial charge in [-0.15, -0.1) is 0 Å². The molecule has 0 fully saturated rings. The standard InChI is InChI=1S/C16H12N4O5/c1-25-14-7-3-2-6-11(14)18-16-13(20(23)24)9-12(19(21)22)10-5-4-8-17-15(10)16/h2-9,18H,1H3. The molecule has 9 nitrogen and oxygen atoms in total. The molecule has 0 radical (unpaired) electrons. The number of non-ortho nitro benzene ring substituents is 1. The van der Waals surface area contributed by atoms with Crippen molar-refractivity contribution in [3.05, 3.63) is 68.9 Å². The van der Waals surface area contributed by atoms with Gasteiger partial charge in [0.15, 0.2) is 0 Å². The zero-order valence-electron chi connectivity index (χ0n) is 13.0. The molecule has 1 N–H and O–H groups in total. The quantitative estimate of drug-likeness (QED) is 0.554. The summed E-state index contributed by atoms with van der Waals surface area (Å²) in [5.74, 6) is 0.472. The van der Waals surface area contributed by atoms with Gasteiger partial charge in [0.2, 0.25) is 0 Å². The Hall–Kier alpha value is -3.75. The van der Waals surface area contributed by atoms with E-state index in [0.29, 0.717) is 11.4 Å². The highest BCUT2D eigenvalue weighted by molar-refractivity contribution is 6.02. The van der Waals surface area contributed by atoms with Crippen LogP contribution in [-0.2, 0) is 0 Å². The molecule has 0 aliphatic rings. The van der Waals surface area contributed by atoms with E-state index in [-0.39, 0.29) is 22.3 Å². The van der Waals surface area contributed by atoms with Crippen LogP contribution in [0.3, 0.4) is 0 Å². The summed E-state index contributed by atoms with van der Waals surface area (Å²) in [4.78, 5) is 25.5. The van der Waals surface area contributed by atoms with E-state index in [1.807, 2.05) is 0 Å². The molecule has 25 heavy (non-hydrogen) atoms. The van der Waals surface area contributed by atoms with Crippen LogP contribution in [0.4, 0.5) is 22.7 Å². The van der Waals surface area contributed by atoms with Crippen LogP contribution < -0.4 is 10.1 Å². The van der Waals surface area contributed by atoms with Gasteiger partial charge in [-0.05, 0) is 24.3 Å². The predicted molar refractivity (Wildman–Crippen MR) is 91.3 cm³/mol. The lowest BCUT2D eigenvalue weighted by atomic mass is 10.1. The molecule has 126 valence electrons. The molecule has 0 bridgehead atoms. The number of nitro groups is 2. The zero-order valence-corrected chi connectivity index (χ0v) is 13.0. The number of methoxy groups -OCH3 is 1. The van der Waals surface area contributed by atoms with Crippen LogP contribution in [0.5, 0.6) is 5.75 Å². The van der Waals surface area contributed by atoms with Crippen molar-refractivity contribution in [3.8, 4) is 5.75 Å². The van der Waals surface area contributed by atoms with Crippen molar-refractivity contribution >= 4 is 33.7 Å². The van der Waals surface area contributed by atoms with Crippen LogP contribution in [0.1, 0.15) is 0 Å². The maximum absolute atomic E-state index is 11.5. The second-order valence-corrected chi connectivity index (χ2v) is 5.03. The van der Waals surface area contributed by atoms with Gasteiger partial charge in [0.05, 0.1) is 34.1 Å². The largest absolute Gasteiger partial charge is 0.495 e. The molecule has 1 heterocycles. The summed E-state index contributed by atoms with van der Waals surface area (Å²) in [6, 6.07) is 10.8. The summed E-state index contributed by atoms with van der Waals surface area (Å²) in [7, 11) is 1.47. The number of nitrogens with zero attached hydrogens (tertiary/aromatic N) is 3. The lowest BCUT2D eigenvalue weighted by molar-refractivity contribution is -0.392. The van der Waals surface area contributed by atoms with Gasteiger partial charge in [-0.3, -0.25) is 25.2 Å². The summed E-state index contributed by atoms with van der Waals surface area (Å²) in [5, 5.41) is 25.9. The summed E-state index contributed by atoms with van der Waals surface area (Å²) < 4.78 is 5.23. The molecule has 0 unspecified atom stereocenters. The van der Waals surface area contributed by atoms with E-state index in [4.69, 9.17) is 4.74 Å². The number of hydrogen-bond donors (Lipinski definition) is 1. The van der Waals surface area contributed by atoms with Gasteiger partial charge in [0.1, 0.15) is 17.0 Å². The average Bonchev–Trinajstić information content (AvgIpc) is 2.61. The Morgan fingerprint density at radius 2 is 1.76 bits per heavy atom. The molecule has 3 aromatic rings. The first-order valence-electron chi connectivity index (χ1n) is 7.13. The van der Waals surface area contributed by atoms with Crippen molar-refractivity contribution in [1.29, 1.82) is 0 Å². The number of rotatable bonds is 5. The maximum Gasteiger partial charge on any atom is 0.301 e. The predicted octanol–water partition coefficient (Wildman–Crippen LogP) is 3.80. The Morgan fingerprint density at radius 3 is 2.44 bits per heavy atom. The number of nitro benzene ring substituents is 2. The fourth-order valence-corrected chi connectivity index (χ4v) is 2.51. The van der Waals surface area contributed by atoms with Gasteiger partial charge < -0.3 is 10.1 Å². The number of pyridine rings is 1. The SMILES string of the molecule is COc1ccccc1Nc1c([N+](=O)[O-])cc([N+](=O)[O-])c2cccnc12. The highest BCUT2D eigenvalue weighted by Crippen LogP contribution is 2.40. The van der Waals surface area contributed by atoms with Gasteiger partial charge in [0, 0.05) is 6.20 Å². The number of aromatic nitrogens is 1. The lowest BCUT2D eigenvalue weighted by Crippen LogP contribution is -2.02. The van der Waals surface area contributed by atoms with E-state index in [0.717, 1.165) is 6.07 Å². The summed E-state index contributed by atoms with van der Waals surface area (Å²) in [5.41, 5.74) is -0.136. The minimum absolute atomic E-state index is 0.0655. The van der Waals surface area contributed by atoms with Gasteiger partial charge in [-0.2, -0.15) is 0 Å². The fourth-order valence-electron chi connectivity index (χ4n) is 2.51. The third-order valence-electron chi connectivity index (χ3n) is 3.61. The molecule has 0 spiro atoms. The normalized spacial score (nSPS) is 10.4. The van der Waals surface area contributed by atoms with E-state index >= 15 is 0 Å². The first-order chi connectivity index (χ1) is 12.0. The van der Waals surface area contributed by atoms with E-state index < -0.39 is 15.5 Å². The maximum atomic E-state index is 11.5. The first-order valence-corrected chi connectivity index (χ1v) is 7.13. The van der Waals surface area contributed by atoms with Crippen LogP contribution in [0.15, 0.2) is 48.7 Å². The molecule has 0 aliphatic carbocycles. The number of hydrogen-bond acceptors (Lipinski definition) is 7. The van der Waals surface area contributed by atoms with E-state index in [9.17, 15) is 20.2 Å². The summed E-state index contributed by atoms with van der Waals surface area (Å²) in [6.07, 6.45) is 1.42. The molecular weight excluding hydrogens is 328 g/mol. The lowest BCUT2D eigenvalue weighted by Gasteiger charge is -2.13. The molecule has 0 saturated heterocycles. The van der Waals surface area contributed by atoms with Crippen molar-refractivity contribution in [2.45, 2.75) is 0 Å². The van der Waals surface area contributed by atoms with Crippen LogP contribution in [-0.4, -0.2) is 21.9 Å². The summed E-state index contributed by atoms with van der Waals surface area (Å²) >= 11 is 0. The monoisotopic (exact) mass is 340 g/mol. The van der Waals surface area contributed by atoms with Crippen molar-refractivity contribution in [2.24, 2.45) is 0 Å². The molecule has 9 heteroatoms. The molecule has 0 atom stereocenters. The highest BCUT2D eigenvalue weighted by Gasteiger charge is 2.26. The molecular formula is C16H12N4O5. The number of anilines is 2. The van der Waals surface area contributed by atoms with Gasteiger partial charge >= 0.3 is 5.69 Å². The Labute approximate surface area is 141 Å². The number of para-hydroxylation sites is 2. The third-order valence-corrected chi connectivity index (χ3v) is 3.61. The molecule has 1 aromatic heterocycles. The minimum atomic E-state index is -0.682.